The zero-order valence-corrected chi connectivity index (χ0v) is 15.8. The van der Waals surface area contributed by atoms with E-state index in [2.05, 4.69) is 10.0 Å². The molecular weight excluding hydrogens is 362 g/mol. The quantitative estimate of drug-likeness (QED) is 0.788. The second-order valence-electron chi connectivity index (χ2n) is 7.00. The van der Waals surface area contributed by atoms with Gasteiger partial charge in [-0.3, -0.25) is 9.59 Å². The Morgan fingerprint density at radius 3 is 2.76 bits per heavy atom. The Labute approximate surface area is 151 Å². The Balaban J connectivity index is 1.83. The molecule has 1 aliphatic heterocycles. The van der Waals surface area contributed by atoms with Crippen LogP contribution in [0.1, 0.15) is 31.2 Å². The Bertz CT molecular complexity index is 739. The van der Waals surface area contributed by atoms with E-state index < -0.39 is 21.6 Å². The normalized spacial score (nSPS) is 23.5. The number of rotatable bonds is 4. The van der Waals surface area contributed by atoms with Gasteiger partial charge in [-0.05, 0) is 35.2 Å². The summed E-state index contributed by atoms with van der Waals surface area (Å²) in [4.78, 5) is 27.0. The molecule has 0 aromatic carbocycles. The van der Waals surface area contributed by atoms with E-state index in [4.69, 9.17) is 0 Å². The standard InChI is InChI=1S/C16H23N3O4S2/c1-25(22,23)18-13-9-19(14(20)8-12-4-7-24-10-12)11-16(17-15(13)21)5-2-3-6-16/h4,7,10,13,18H,2-3,5-6,8-9,11H2,1H3,(H,17,21). The van der Waals surface area contributed by atoms with Crippen molar-refractivity contribution in [3.05, 3.63) is 22.4 Å². The van der Waals surface area contributed by atoms with Crippen molar-refractivity contribution in [2.45, 2.75) is 43.7 Å². The smallest absolute Gasteiger partial charge is 0.240 e. The topological polar surface area (TPSA) is 95.6 Å². The molecule has 2 heterocycles. The van der Waals surface area contributed by atoms with Gasteiger partial charge in [-0.2, -0.15) is 11.3 Å². The van der Waals surface area contributed by atoms with Crippen LogP contribution in [0.15, 0.2) is 16.8 Å². The van der Waals surface area contributed by atoms with Gasteiger partial charge in [0.05, 0.1) is 18.2 Å². The van der Waals surface area contributed by atoms with E-state index in [0.29, 0.717) is 6.54 Å². The molecule has 2 amide bonds. The van der Waals surface area contributed by atoms with Crippen LogP contribution in [0.3, 0.4) is 0 Å². The van der Waals surface area contributed by atoms with Gasteiger partial charge in [0, 0.05) is 13.1 Å². The molecule has 2 N–H and O–H groups in total. The Morgan fingerprint density at radius 1 is 1.44 bits per heavy atom. The van der Waals surface area contributed by atoms with E-state index >= 15 is 0 Å². The summed E-state index contributed by atoms with van der Waals surface area (Å²) in [5, 5.41) is 6.86. The number of hydrogen-bond acceptors (Lipinski definition) is 5. The Kier molecular flexibility index (Phi) is 5.17. The third kappa shape index (κ3) is 4.59. The fourth-order valence-electron chi connectivity index (χ4n) is 3.67. The molecule has 138 valence electrons. The van der Waals surface area contributed by atoms with Gasteiger partial charge in [-0.25, -0.2) is 13.1 Å². The molecule has 0 bridgehead atoms. The molecule has 7 nitrogen and oxygen atoms in total. The van der Waals surface area contributed by atoms with Gasteiger partial charge in [0.15, 0.2) is 0 Å². The highest BCUT2D eigenvalue weighted by Gasteiger charge is 2.43. The van der Waals surface area contributed by atoms with Crippen molar-refractivity contribution in [1.29, 1.82) is 0 Å². The molecule has 1 unspecified atom stereocenters. The second kappa shape index (κ2) is 7.05. The van der Waals surface area contributed by atoms with Gasteiger partial charge in [0.2, 0.25) is 21.8 Å². The number of hydrogen-bond donors (Lipinski definition) is 2. The third-order valence-electron chi connectivity index (χ3n) is 4.81. The van der Waals surface area contributed by atoms with Crippen molar-refractivity contribution in [3.63, 3.8) is 0 Å². The van der Waals surface area contributed by atoms with Crippen LogP contribution in [-0.2, 0) is 26.0 Å². The van der Waals surface area contributed by atoms with Crippen molar-refractivity contribution in [2.24, 2.45) is 0 Å². The highest BCUT2D eigenvalue weighted by atomic mass is 32.2. The molecule has 9 heteroatoms. The lowest BCUT2D eigenvalue weighted by atomic mass is 9.97. The fraction of sp³-hybridized carbons (Fsp3) is 0.625. The lowest BCUT2D eigenvalue weighted by molar-refractivity contribution is -0.131. The molecule has 25 heavy (non-hydrogen) atoms. The molecule has 1 atom stereocenters. The zero-order valence-electron chi connectivity index (χ0n) is 14.2. The highest BCUT2D eigenvalue weighted by Crippen LogP contribution is 2.32. The Morgan fingerprint density at radius 2 is 2.16 bits per heavy atom. The first kappa shape index (κ1) is 18.3. The molecule has 1 saturated heterocycles. The fourth-order valence-corrected chi connectivity index (χ4v) is 5.04. The third-order valence-corrected chi connectivity index (χ3v) is 6.25. The summed E-state index contributed by atoms with van der Waals surface area (Å²) < 4.78 is 25.6. The van der Waals surface area contributed by atoms with Gasteiger partial charge in [0.1, 0.15) is 6.04 Å². The lowest BCUT2D eigenvalue weighted by Crippen LogP contribution is -2.54. The van der Waals surface area contributed by atoms with Gasteiger partial charge >= 0.3 is 0 Å². The largest absolute Gasteiger partial charge is 0.347 e. The van der Waals surface area contributed by atoms with Crippen molar-refractivity contribution >= 4 is 33.2 Å². The van der Waals surface area contributed by atoms with E-state index in [1.807, 2.05) is 16.8 Å². The van der Waals surface area contributed by atoms with E-state index in [1.165, 1.54) is 11.3 Å². The highest BCUT2D eigenvalue weighted by molar-refractivity contribution is 7.88. The number of thiophene rings is 1. The molecule has 1 aromatic heterocycles. The summed E-state index contributed by atoms with van der Waals surface area (Å²) in [6.45, 7) is 0.493. The lowest BCUT2D eigenvalue weighted by Gasteiger charge is -2.33. The molecule has 1 aromatic rings. The first-order valence-corrected chi connectivity index (χ1v) is 11.2. The van der Waals surface area contributed by atoms with Crippen LogP contribution in [0.25, 0.3) is 0 Å². The molecule has 1 aliphatic carbocycles. The number of carbonyl (C=O) groups excluding carboxylic acids is 2. The van der Waals surface area contributed by atoms with Gasteiger partial charge < -0.3 is 10.2 Å². The average Bonchev–Trinajstić information content (AvgIpc) is 3.14. The monoisotopic (exact) mass is 385 g/mol. The summed E-state index contributed by atoms with van der Waals surface area (Å²) in [5.41, 5.74) is 0.501. The van der Waals surface area contributed by atoms with Crippen LogP contribution in [0.2, 0.25) is 0 Å². The second-order valence-corrected chi connectivity index (χ2v) is 9.56. The van der Waals surface area contributed by atoms with E-state index in [1.54, 1.807) is 4.90 Å². The molecule has 0 radical (unpaired) electrons. The summed E-state index contributed by atoms with van der Waals surface area (Å²) in [6.07, 6.45) is 4.90. The number of sulfonamides is 1. The van der Waals surface area contributed by atoms with Crippen LogP contribution in [-0.4, -0.2) is 56.1 Å². The molecular formula is C16H23N3O4S2. The number of amides is 2. The maximum atomic E-state index is 12.8. The van der Waals surface area contributed by atoms with E-state index in [-0.39, 0.29) is 24.8 Å². The predicted molar refractivity (Wildman–Crippen MR) is 95.7 cm³/mol. The SMILES string of the molecule is CS(=O)(=O)NC1CN(C(=O)Cc2ccsc2)CC2(CCCC2)NC1=O. The predicted octanol–water partition coefficient (Wildman–Crippen LogP) is 0.480. The van der Waals surface area contributed by atoms with Crippen LogP contribution in [0.5, 0.6) is 0 Å². The van der Waals surface area contributed by atoms with Crippen molar-refractivity contribution < 1.29 is 18.0 Å². The summed E-state index contributed by atoms with van der Waals surface area (Å²) in [5.74, 6) is -0.431. The molecule has 3 rings (SSSR count). The van der Waals surface area contributed by atoms with E-state index in [0.717, 1.165) is 37.5 Å². The maximum Gasteiger partial charge on any atom is 0.240 e. The minimum atomic E-state index is -3.55. The zero-order chi connectivity index (χ0) is 18.1. The van der Waals surface area contributed by atoms with Crippen molar-refractivity contribution in [2.75, 3.05) is 19.3 Å². The summed E-state index contributed by atoms with van der Waals surface area (Å²) in [6, 6.07) is 0.947. The van der Waals surface area contributed by atoms with Crippen LogP contribution < -0.4 is 10.0 Å². The van der Waals surface area contributed by atoms with Crippen molar-refractivity contribution in [3.8, 4) is 0 Å². The van der Waals surface area contributed by atoms with Crippen molar-refractivity contribution in [1.82, 2.24) is 14.9 Å². The van der Waals surface area contributed by atoms with Crippen LogP contribution in [0.4, 0.5) is 0 Å². The first-order chi connectivity index (χ1) is 11.8. The minimum Gasteiger partial charge on any atom is -0.347 e. The molecule has 2 fully saturated rings. The van der Waals surface area contributed by atoms with Gasteiger partial charge in [-0.15, -0.1) is 0 Å². The summed E-state index contributed by atoms with van der Waals surface area (Å²) >= 11 is 1.53. The molecule has 2 aliphatic rings. The molecule has 1 saturated carbocycles. The van der Waals surface area contributed by atoms with Gasteiger partial charge in [0.25, 0.3) is 0 Å². The molecule has 1 spiro atoms. The van der Waals surface area contributed by atoms with Crippen LogP contribution in [0, 0.1) is 0 Å². The average molecular weight is 386 g/mol. The number of nitrogens with one attached hydrogen (secondary N) is 2. The van der Waals surface area contributed by atoms with Crippen LogP contribution >= 0.6 is 11.3 Å². The minimum absolute atomic E-state index is 0.0592. The van der Waals surface area contributed by atoms with Gasteiger partial charge in [-0.1, -0.05) is 12.8 Å². The number of carbonyl (C=O) groups is 2. The Hall–Kier alpha value is -1.45. The summed E-state index contributed by atoms with van der Waals surface area (Å²) in [7, 11) is -3.55. The van der Waals surface area contributed by atoms with E-state index in [9.17, 15) is 18.0 Å². The first-order valence-electron chi connectivity index (χ1n) is 8.35. The number of nitrogens with zero attached hydrogens (tertiary/aromatic N) is 1. The maximum absolute atomic E-state index is 12.8.